The molecular formula is C20H26N4S. The van der Waals surface area contributed by atoms with E-state index in [1.54, 1.807) is 11.3 Å². The van der Waals surface area contributed by atoms with Gasteiger partial charge in [0, 0.05) is 48.2 Å². The summed E-state index contributed by atoms with van der Waals surface area (Å²) in [5.74, 6) is 6.48. The van der Waals surface area contributed by atoms with E-state index in [9.17, 15) is 0 Å². The number of thiazole rings is 1. The van der Waals surface area contributed by atoms with E-state index in [-0.39, 0.29) is 5.41 Å². The quantitative estimate of drug-likeness (QED) is 0.664. The van der Waals surface area contributed by atoms with E-state index in [0.29, 0.717) is 0 Å². The van der Waals surface area contributed by atoms with Crippen LogP contribution in [-0.2, 0) is 5.41 Å². The minimum atomic E-state index is 0.119. The number of hydrogen-bond acceptors (Lipinski definition) is 5. The van der Waals surface area contributed by atoms with Crippen LogP contribution in [0.25, 0.3) is 0 Å². The first-order valence-corrected chi connectivity index (χ1v) is 9.57. The molecule has 4 nitrogen and oxygen atoms in total. The lowest BCUT2D eigenvalue weighted by Crippen LogP contribution is -2.46. The molecule has 1 fully saturated rings. The molecule has 1 aliphatic heterocycles. The maximum absolute atomic E-state index is 5.69. The summed E-state index contributed by atoms with van der Waals surface area (Å²) in [5.41, 5.74) is 8.79. The van der Waals surface area contributed by atoms with Gasteiger partial charge in [0.1, 0.15) is 0 Å². The van der Waals surface area contributed by atoms with Crippen LogP contribution in [0.15, 0.2) is 29.6 Å². The molecule has 5 heteroatoms. The van der Waals surface area contributed by atoms with Crippen LogP contribution in [0.2, 0.25) is 0 Å². The Balaban J connectivity index is 1.50. The van der Waals surface area contributed by atoms with Crippen molar-refractivity contribution in [1.82, 2.24) is 9.88 Å². The molecule has 0 atom stereocenters. The van der Waals surface area contributed by atoms with Gasteiger partial charge in [-0.2, -0.15) is 0 Å². The van der Waals surface area contributed by atoms with Gasteiger partial charge < -0.3 is 10.6 Å². The van der Waals surface area contributed by atoms with Gasteiger partial charge in [-0.25, -0.2) is 4.98 Å². The van der Waals surface area contributed by atoms with Crippen molar-refractivity contribution in [2.75, 3.05) is 43.4 Å². The molecule has 2 heterocycles. The van der Waals surface area contributed by atoms with Crippen LogP contribution in [0.3, 0.4) is 0 Å². The van der Waals surface area contributed by atoms with E-state index in [1.807, 2.05) is 24.3 Å². The van der Waals surface area contributed by atoms with Gasteiger partial charge in [-0.05, 0) is 24.3 Å². The van der Waals surface area contributed by atoms with Gasteiger partial charge in [0.15, 0.2) is 5.13 Å². The van der Waals surface area contributed by atoms with Crippen molar-refractivity contribution in [2.45, 2.75) is 26.2 Å². The average Bonchev–Trinajstić information content (AvgIpc) is 3.08. The third-order valence-electron chi connectivity index (χ3n) is 4.35. The van der Waals surface area contributed by atoms with E-state index < -0.39 is 0 Å². The van der Waals surface area contributed by atoms with E-state index in [2.05, 4.69) is 47.8 Å². The average molecular weight is 355 g/mol. The topological polar surface area (TPSA) is 45.4 Å². The van der Waals surface area contributed by atoms with Crippen LogP contribution in [0, 0.1) is 11.8 Å². The highest BCUT2D eigenvalue weighted by Gasteiger charge is 2.22. The van der Waals surface area contributed by atoms with Gasteiger partial charge in [-0.15, -0.1) is 11.3 Å². The van der Waals surface area contributed by atoms with Crippen molar-refractivity contribution < 1.29 is 0 Å². The smallest absolute Gasteiger partial charge is 0.185 e. The molecule has 1 aromatic carbocycles. The molecule has 25 heavy (non-hydrogen) atoms. The molecule has 0 saturated carbocycles. The standard InChI is InChI=1S/C20H26N4S/c1-20(2,3)18-15-25-19(22-18)24-13-11-23(12-14-24)10-4-5-16-6-8-17(21)9-7-16/h6-9,15H,10-14,21H2,1-3H3. The minimum absolute atomic E-state index is 0.119. The van der Waals surface area contributed by atoms with Crippen LogP contribution >= 0.6 is 11.3 Å². The Morgan fingerprint density at radius 2 is 1.80 bits per heavy atom. The summed E-state index contributed by atoms with van der Waals surface area (Å²) in [6.07, 6.45) is 0. The Kier molecular flexibility index (Phi) is 5.31. The number of piperazine rings is 1. The zero-order valence-electron chi connectivity index (χ0n) is 15.2. The maximum Gasteiger partial charge on any atom is 0.185 e. The fraction of sp³-hybridized carbons (Fsp3) is 0.450. The predicted octanol–water partition coefficient (Wildman–Crippen LogP) is 3.20. The summed E-state index contributed by atoms with van der Waals surface area (Å²) < 4.78 is 0. The summed E-state index contributed by atoms with van der Waals surface area (Å²) in [4.78, 5) is 9.62. The summed E-state index contributed by atoms with van der Waals surface area (Å²) in [7, 11) is 0. The van der Waals surface area contributed by atoms with Gasteiger partial charge in [-0.3, -0.25) is 4.90 Å². The lowest BCUT2D eigenvalue weighted by atomic mass is 9.93. The predicted molar refractivity (Wildman–Crippen MR) is 107 cm³/mol. The van der Waals surface area contributed by atoms with Gasteiger partial charge in [-0.1, -0.05) is 32.6 Å². The van der Waals surface area contributed by atoms with Gasteiger partial charge in [0.2, 0.25) is 0 Å². The molecule has 0 aliphatic carbocycles. The largest absolute Gasteiger partial charge is 0.399 e. The van der Waals surface area contributed by atoms with Gasteiger partial charge in [0.25, 0.3) is 0 Å². The summed E-state index contributed by atoms with van der Waals surface area (Å²) in [6, 6.07) is 7.72. The monoisotopic (exact) mass is 354 g/mol. The van der Waals surface area contributed by atoms with Crippen molar-refractivity contribution in [3.63, 3.8) is 0 Å². The molecule has 0 spiro atoms. The first-order valence-electron chi connectivity index (χ1n) is 8.69. The highest BCUT2D eigenvalue weighted by molar-refractivity contribution is 7.13. The van der Waals surface area contributed by atoms with Crippen LogP contribution in [0.1, 0.15) is 32.0 Å². The molecule has 132 valence electrons. The third-order valence-corrected chi connectivity index (χ3v) is 5.25. The molecule has 0 radical (unpaired) electrons. The minimum Gasteiger partial charge on any atom is -0.399 e. The molecule has 0 unspecified atom stereocenters. The molecule has 3 rings (SSSR count). The fourth-order valence-electron chi connectivity index (χ4n) is 2.67. The first kappa shape index (κ1) is 17.8. The van der Waals surface area contributed by atoms with E-state index in [4.69, 9.17) is 10.7 Å². The molecule has 2 N–H and O–H groups in total. The summed E-state index contributed by atoms with van der Waals surface area (Å²) >= 11 is 1.76. The number of rotatable bonds is 2. The van der Waals surface area contributed by atoms with Crippen molar-refractivity contribution in [3.05, 3.63) is 40.9 Å². The van der Waals surface area contributed by atoms with Gasteiger partial charge in [0.05, 0.1) is 12.2 Å². The van der Waals surface area contributed by atoms with E-state index in [0.717, 1.165) is 49.1 Å². The van der Waals surface area contributed by atoms with Crippen molar-refractivity contribution in [2.24, 2.45) is 0 Å². The molecule has 1 aliphatic rings. The Hall–Kier alpha value is -2.03. The lowest BCUT2D eigenvalue weighted by Gasteiger charge is -2.33. The Morgan fingerprint density at radius 3 is 2.40 bits per heavy atom. The summed E-state index contributed by atoms with van der Waals surface area (Å²) in [5, 5.41) is 3.34. The van der Waals surface area contributed by atoms with Crippen molar-refractivity contribution in [1.29, 1.82) is 0 Å². The van der Waals surface area contributed by atoms with Crippen molar-refractivity contribution >= 4 is 22.2 Å². The third kappa shape index (κ3) is 4.75. The molecule has 1 aromatic heterocycles. The number of nitrogens with zero attached hydrogens (tertiary/aromatic N) is 3. The SMILES string of the molecule is CC(C)(C)c1csc(N2CCN(CC#Cc3ccc(N)cc3)CC2)n1. The molecule has 2 aromatic rings. The zero-order chi connectivity index (χ0) is 17.9. The number of nitrogen functional groups attached to an aromatic ring is 1. The molecular weight excluding hydrogens is 328 g/mol. The molecule has 0 amide bonds. The van der Waals surface area contributed by atoms with Crippen LogP contribution in [-0.4, -0.2) is 42.6 Å². The Bertz CT molecular complexity index is 753. The first-order chi connectivity index (χ1) is 11.9. The number of anilines is 2. The van der Waals surface area contributed by atoms with Crippen molar-refractivity contribution in [3.8, 4) is 11.8 Å². The lowest BCUT2D eigenvalue weighted by molar-refractivity contribution is 0.288. The zero-order valence-corrected chi connectivity index (χ0v) is 16.1. The van der Waals surface area contributed by atoms with Crippen LogP contribution in [0.4, 0.5) is 10.8 Å². The molecule has 0 bridgehead atoms. The summed E-state index contributed by atoms with van der Waals surface area (Å²) in [6.45, 7) is 11.5. The fourth-order valence-corrected chi connectivity index (χ4v) is 3.78. The number of hydrogen-bond donors (Lipinski definition) is 1. The Morgan fingerprint density at radius 1 is 1.12 bits per heavy atom. The van der Waals surface area contributed by atoms with E-state index in [1.165, 1.54) is 5.69 Å². The maximum atomic E-state index is 5.69. The highest BCUT2D eigenvalue weighted by atomic mass is 32.1. The Labute approximate surface area is 154 Å². The van der Waals surface area contributed by atoms with E-state index >= 15 is 0 Å². The van der Waals surface area contributed by atoms with Crippen LogP contribution < -0.4 is 10.6 Å². The second-order valence-corrected chi connectivity index (χ2v) is 8.29. The number of nitrogens with two attached hydrogens (primary N) is 1. The number of aromatic nitrogens is 1. The highest BCUT2D eigenvalue weighted by Crippen LogP contribution is 2.29. The molecule has 1 saturated heterocycles. The normalized spacial score (nSPS) is 15.7. The second-order valence-electron chi connectivity index (χ2n) is 7.45. The van der Waals surface area contributed by atoms with Crippen LogP contribution in [0.5, 0.6) is 0 Å². The van der Waals surface area contributed by atoms with Gasteiger partial charge >= 0.3 is 0 Å². The number of benzene rings is 1. The second kappa shape index (κ2) is 7.47.